The van der Waals surface area contributed by atoms with Crippen LogP contribution >= 0.6 is 50.7 Å². The van der Waals surface area contributed by atoms with E-state index < -0.39 is 14.0 Å². The van der Waals surface area contributed by atoms with Crippen molar-refractivity contribution in [1.29, 1.82) is 0 Å². The first-order chi connectivity index (χ1) is 37.3. The fourth-order valence-corrected chi connectivity index (χ4v) is 11.5. The predicted octanol–water partition coefficient (Wildman–Crippen LogP) is 13.7. The third-order valence-corrected chi connectivity index (χ3v) is 17.3. The Hall–Kier alpha value is -3.22. The normalized spacial score (nSPS) is 22.1. The SMILES string of the molecule is CC(C)(C)OC1CN(C(=O)CC2CCCCc3cc(-c4ccnc(Cl)n4)ccc32)C1.CC(C)(C)OC1CN(C(=O)CC2CCCCc3cc(Br)ccc32)C1.CC1(C)OB(B2OC(C)(C)C(C)(C)O2)OC1(C)C.Clc1ccnc(Cl)n1. The summed E-state index contributed by atoms with van der Waals surface area (Å²) in [5, 5.41) is 0.803. The van der Waals surface area contributed by atoms with Crippen LogP contribution in [0.2, 0.25) is 15.7 Å². The smallest absolute Gasteiger partial charge is 0.405 e. The monoisotopic (exact) mass is 1220 g/mol. The van der Waals surface area contributed by atoms with Gasteiger partial charge in [-0.25, -0.2) is 19.9 Å². The molecule has 4 aromatic rings. The Morgan fingerprint density at radius 2 is 1.01 bits per heavy atom. The molecule has 80 heavy (non-hydrogen) atoms. The maximum absolute atomic E-state index is 12.9. The molecule has 0 radical (unpaired) electrons. The van der Waals surface area contributed by atoms with Crippen molar-refractivity contribution in [2.45, 2.75) is 219 Å². The molecular formula is C60H84B2BrCl3N6O8. The van der Waals surface area contributed by atoms with Gasteiger partial charge in [-0.1, -0.05) is 58.6 Å². The first kappa shape index (κ1) is 64.3. The van der Waals surface area contributed by atoms with E-state index in [1.165, 1.54) is 41.3 Å². The summed E-state index contributed by atoms with van der Waals surface area (Å²) in [5.74, 6) is 1.17. The summed E-state index contributed by atoms with van der Waals surface area (Å²) < 4.78 is 36.9. The van der Waals surface area contributed by atoms with E-state index in [0.29, 0.717) is 37.0 Å². The predicted molar refractivity (Wildman–Crippen MR) is 323 cm³/mol. The molecule has 20 heteroatoms. The van der Waals surface area contributed by atoms with E-state index in [1.54, 1.807) is 12.3 Å². The van der Waals surface area contributed by atoms with Crippen LogP contribution in [0.4, 0.5) is 0 Å². The topological polar surface area (TPSA) is 148 Å². The first-order valence-electron chi connectivity index (χ1n) is 28.4. The summed E-state index contributed by atoms with van der Waals surface area (Å²) in [6.07, 6.45) is 13.8. The van der Waals surface area contributed by atoms with Gasteiger partial charge in [0.15, 0.2) is 0 Å². The Labute approximate surface area is 500 Å². The number of carbonyl (C=O) groups is 2. The van der Waals surface area contributed by atoms with Gasteiger partial charge in [0, 0.05) is 61.5 Å². The van der Waals surface area contributed by atoms with Gasteiger partial charge < -0.3 is 37.9 Å². The van der Waals surface area contributed by atoms with Crippen molar-refractivity contribution in [3.8, 4) is 11.3 Å². The molecule has 6 aliphatic rings. The van der Waals surface area contributed by atoms with Crippen molar-refractivity contribution >= 4 is 76.6 Å². The number of aryl methyl sites for hydroxylation is 2. The summed E-state index contributed by atoms with van der Waals surface area (Å²) in [7, 11) is -0.952. The zero-order chi connectivity index (χ0) is 58.6. The molecule has 4 aliphatic heterocycles. The number of benzene rings is 2. The Kier molecular flexibility index (Phi) is 21.2. The lowest BCUT2D eigenvalue weighted by atomic mass is 9.49. The molecule has 4 fully saturated rings. The Bertz CT molecular complexity index is 2690. The lowest BCUT2D eigenvalue weighted by Crippen LogP contribution is -2.56. The van der Waals surface area contributed by atoms with Gasteiger partial charge in [0.1, 0.15) is 5.15 Å². The molecule has 4 saturated heterocycles. The third-order valence-electron chi connectivity index (χ3n) is 16.2. The minimum absolute atomic E-state index is 0.132. The van der Waals surface area contributed by atoms with E-state index in [2.05, 4.69) is 114 Å². The van der Waals surface area contributed by atoms with Crippen LogP contribution in [0.25, 0.3) is 11.3 Å². The second-order valence-electron chi connectivity index (χ2n) is 26.0. The van der Waals surface area contributed by atoms with E-state index in [0.717, 1.165) is 67.3 Å². The van der Waals surface area contributed by atoms with Gasteiger partial charge in [-0.05, 0) is 223 Å². The fraction of sp³-hybridized carbons (Fsp3) is 0.633. The van der Waals surface area contributed by atoms with Gasteiger partial charge >= 0.3 is 14.0 Å². The molecule has 0 saturated carbocycles. The van der Waals surface area contributed by atoms with Crippen molar-refractivity contribution in [1.82, 2.24) is 29.7 Å². The highest BCUT2D eigenvalue weighted by Crippen LogP contribution is 2.44. The summed E-state index contributed by atoms with van der Waals surface area (Å²) in [5.41, 5.74) is 5.59. The summed E-state index contributed by atoms with van der Waals surface area (Å²) in [6, 6.07) is 16.5. The van der Waals surface area contributed by atoms with Crippen LogP contribution in [0.3, 0.4) is 0 Å². The molecule has 2 atom stereocenters. The quantitative estimate of drug-likeness (QED) is 0.0716. The molecule has 2 aliphatic carbocycles. The van der Waals surface area contributed by atoms with Crippen molar-refractivity contribution in [2.75, 3.05) is 26.2 Å². The minimum atomic E-state index is -0.476. The minimum Gasteiger partial charge on any atom is -0.405 e. The number of rotatable bonds is 8. The zero-order valence-corrected chi connectivity index (χ0v) is 53.5. The number of amides is 2. The maximum Gasteiger partial charge on any atom is 0.488 e. The molecular weight excluding hydrogens is 1140 g/mol. The van der Waals surface area contributed by atoms with Gasteiger partial charge in [-0.2, -0.15) is 0 Å². The van der Waals surface area contributed by atoms with Crippen molar-refractivity contribution in [3.63, 3.8) is 0 Å². The second kappa shape index (κ2) is 26.4. The number of likely N-dealkylation sites (tertiary alicyclic amines) is 2. The highest BCUT2D eigenvalue weighted by molar-refractivity contribution is 9.10. The van der Waals surface area contributed by atoms with E-state index in [9.17, 15) is 9.59 Å². The fourth-order valence-electron chi connectivity index (χ4n) is 10.6. The Morgan fingerprint density at radius 3 is 1.41 bits per heavy atom. The number of aromatic nitrogens is 4. The van der Waals surface area contributed by atoms with E-state index in [4.69, 9.17) is 62.9 Å². The van der Waals surface area contributed by atoms with E-state index >= 15 is 0 Å². The largest absolute Gasteiger partial charge is 0.488 e. The van der Waals surface area contributed by atoms with Gasteiger partial charge in [0.05, 0.1) is 51.5 Å². The number of nitrogens with zero attached hydrogens (tertiary/aromatic N) is 6. The maximum atomic E-state index is 12.9. The molecule has 0 bridgehead atoms. The van der Waals surface area contributed by atoms with Crippen LogP contribution < -0.4 is 0 Å². The number of halogens is 4. The lowest BCUT2D eigenvalue weighted by molar-refractivity contribution is -0.158. The van der Waals surface area contributed by atoms with E-state index in [-0.39, 0.29) is 74.1 Å². The lowest BCUT2D eigenvalue weighted by Gasteiger charge is -2.42. The van der Waals surface area contributed by atoms with Crippen molar-refractivity contribution in [3.05, 3.63) is 103 Å². The summed E-state index contributed by atoms with van der Waals surface area (Å²) >= 11 is 20.3. The Morgan fingerprint density at radius 1 is 0.600 bits per heavy atom. The van der Waals surface area contributed by atoms with Crippen LogP contribution in [0, 0.1) is 0 Å². The molecule has 6 heterocycles. The van der Waals surface area contributed by atoms with Crippen LogP contribution in [0.5, 0.6) is 0 Å². The molecule has 2 aromatic heterocycles. The standard InChI is InChI=1S/C24H30ClN3O2.C20H28BrNO2.C12H24B2O4.C4H2Cl2N2/c1-24(2,3)30-19-14-28(15-19)22(29)13-17-7-5-4-6-16-12-18(8-9-20(16)17)21-10-11-26-23(25)27-21;1-20(2,3)24-17-12-22(13-17)19(23)11-15-7-5-4-6-14-10-16(21)8-9-18(14)15;1-9(2)10(3,4)16-13(15-9)14-17-11(5,6)12(7,8)18-14;5-3-1-2-7-4(6)8-3/h8-12,17,19H,4-7,13-15H2,1-3H3;8-10,15,17H,4-7,11-13H2,1-3H3;1-8H3;1-2H. The van der Waals surface area contributed by atoms with Gasteiger partial charge in [-0.15, -0.1) is 0 Å². The van der Waals surface area contributed by atoms with Crippen molar-refractivity contribution < 1.29 is 37.7 Å². The Balaban J connectivity index is 0.000000166. The molecule has 436 valence electrons. The number of carbonyl (C=O) groups excluding carboxylic acids is 2. The summed E-state index contributed by atoms with van der Waals surface area (Å²) in [4.78, 5) is 45.0. The highest BCUT2D eigenvalue weighted by Gasteiger charge is 2.63. The van der Waals surface area contributed by atoms with Crippen LogP contribution in [0.15, 0.2) is 65.4 Å². The number of hydrogen-bond donors (Lipinski definition) is 0. The number of ether oxygens (including phenoxy) is 2. The molecule has 0 spiro atoms. The number of hydrogen-bond acceptors (Lipinski definition) is 12. The molecule has 0 N–H and O–H groups in total. The third kappa shape index (κ3) is 17.4. The van der Waals surface area contributed by atoms with Crippen LogP contribution in [0.1, 0.15) is 182 Å². The van der Waals surface area contributed by atoms with Gasteiger partial charge in [-0.3, -0.25) is 9.59 Å². The first-order valence-corrected chi connectivity index (χ1v) is 30.4. The molecule has 2 amide bonds. The van der Waals surface area contributed by atoms with Gasteiger partial charge in [0.2, 0.25) is 22.4 Å². The van der Waals surface area contributed by atoms with Crippen LogP contribution in [-0.4, -0.2) is 128 Å². The molecule has 2 aromatic carbocycles. The highest BCUT2D eigenvalue weighted by atomic mass is 79.9. The molecule has 10 rings (SSSR count). The second-order valence-corrected chi connectivity index (χ2v) is 27.9. The van der Waals surface area contributed by atoms with Crippen molar-refractivity contribution in [2.24, 2.45) is 0 Å². The van der Waals surface area contributed by atoms with Gasteiger partial charge in [0.25, 0.3) is 0 Å². The average Bonchev–Trinajstić information content (AvgIpc) is 3.48. The molecule has 14 nitrogen and oxygen atoms in total. The molecule has 2 unspecified atom stereocenters. The van der Waals surface area contributed by atoms with E-state index in [1.807, 2.05) is 71.3 Å². The average molecular weight is 1230 g/mol. The zero-order valence-electron chi connectivity index (χ0n) is 49.6. The number of fused-ring (bicyclic) bond motifs is 2. The summed E-state index contributed by atoms with van der Waals surface area (Å²) in [6.45, 7) is 31.5. The van der Waals surface area contributed by atoms with Crippen LogP contribution in [-0.2, 0) is 50.5 Å².